The van der Waals surface area contributed by atoms with Gasteiger partial charge in [-0.3, -0.25) is 0 Å². The summed E-state index contributed by atoms with van der Waals surface area (Å²) in [7, 11) is 0. The molecule has 0 nitrogen and oxygen atoms in total. The highest BCUT2D eigenvalue weighted by Gasteiger charge is 1.98. The van der Waals surface area contributed by atoms with Gasteiger partial charge >= 0.3 is 12.2 Å². The van der Waals surface area contributed by atoms with Gasteiger partial charge in [0.2, 0.25) is 0 Å². The predicted molar refractivity (Wildman–Crippen MR) is 47.4 cm³/mol. The first-order valence-electron chi connectivity index (χ1n) is 3.83. The SMILES string of the molecule is Cc1ccccc1C.FC(F)=C(F)F. The van der Waals surface area contributed by atoms with Gasteiger partial charge in [0, 0.05) is 0 Å². The lowest BCUT2D eigenvalue weighted by molar-refractivity contribution is 0.308. The van der Waals surface area contributed by atoms with Crippen molar-refractivity contribution < 1.29 is 17.6 Å². The molecule has 0 saturated carbocycles. The van der Waals surface area contributed by atoms with Crippen molar-refractivity contribution in [2.75, 3.05) is 0 Å². The van der Waals surface area contributed by atoms with E-state index in [1.807, 2.05) is 0 Å². The molecule has 4 heteroatoms. The average Bonchev–Trinajstić information content (AvgIpc) is 2.11. The fourth-order valence-electron chi connectivity index (χ4n) is 0.663. The molecular weight excluding hydrogens is 196 g/mol. The fraction of sp³-hybridized carbons (Fsp3) is 0.200. The maximum atomic E-state index is 10.3. The van der Waals surface area contributed by atoms with E-state index in [9.17, 15) is 17.6 Å². The summed E-state index contributed by atoms with van der Waals surface area (Å²) in [4.78, 5) is 0. The number of hydrogen-bond donors (Lipinski definition) is 0. The van der Waals surface area contributed by atoms with Crippen LogP contribution in [0.1, 0.15) is 11.1 Å². The molecule has 0 spiro atoms. The van der Waals surface area contributed by atoms with E-state index in [4.69, 9.17) is 0 Å². The van der Waals surface area contributed by atoms with E-state index < -0.39 is 12.2 Å². The number of aryl methyl sites for hydroxylation is 2. The third-order valence-electron chi connectivity index (χ3n) is 1.57. The zero-order valence-corrected chi connectivity index (χ0v) is 7.82. The third-order valence-corrected chi connectivity index (χ3v) is 1.57. The van der Waals surface area contributed by atoms with Gasteiger partial charge in [-0.05, 0) is 25.0 Å². The van der Waals surface area contributed by atoms with E-state index in [2.05, 4.69) is 38.1 Å². The summed E-state index contributed by atoms with van der Waals surface area (Å²) < 4.78 is 41.1. The Hall–Kier alpha value is -1.32. The van der Waals surface area contributed by atoms with Crippen molar-refractivity contribution in [2.24, 2.45) is 0 Å². The van der Waals surface area contributed by atoms with Crippen LogP contribution in [0.15, 0.2) is 36.4 Å². The van der Waals surface area contributed by atoms with Crippen LogP contribution in [0.5, 0.6) is 0 Å². The molecule has 1 rings (SSSR count). The maximum Gasteiger partial charge on any atom is 0.334 e. The molecule has 0 radical (unpaired) electrons. The monoisotopic (exact) mass is 206 g/mol. The van der Waals surface area contributed by atoms with Gasteiger partial charge in [-0.1, -0.05) is 24.3 Å². The number of hydrogen-bond acceptors (Lipinski definition) is 0. The first-order chi connectivity index (χ1) is 6.45. The van der Waals surface area contributed by atoms with Gasteiger partial charge in [-0.25, -0.2) is 0 Å². The standard InChI is InChI=1S/C8H10.C2F4/c1-7-5-3-4-6-8(7)2;3-1(4)2(5)6/h3-6H,1-2H3;. The van der Waals surface area contributed by atoms with Crippen LogP contribution in [0, 0.1) is 13.8 Å². The van der Waals surface area contributed by atoms with Gasteiger partial charge in [0.25, 0.3) is 0 Å². The molecule has 0 amide bonds. The second-order valence-corrected chi connectivity index (χ2v) is 2.61. The van der Waals surface area contributed by atoms with E-state index in [1.165, 1.54) is 11.1 Å². The molecule has 0 bridgehead atoms. The Morgan fingerprint density at radius 1 is 0.786 bits per heavy atom. The molecule has 0 atom stereocenters. The summed E-state index contributed by atoms with van der Waals surface area (Å²) >= 11 is 0. The molecule has 0 saturated heterocycles. The van der Waals surface area contributed by atoms with Crippen LogP contribution < -0.4 is 0 Å². The molecule has 0 fully saturated rings. The van der Waals surface area contributed by atoms with Gasteiger partial charge in [-0.2, -0.15) is 17.6 Å². The molecule has 0 aliphatic rings. The lowest BCUT2D eigenvalue weighted by atomic mass is 10.1. The molecule has 0 N–H and O–H groups in total. The minimum atomic E-state index is -2.91. The van der Waals surface area contributed by atoms with Crippen LogP contribution in [-0.2, 0) is 0 Å². The lowest BCUT2D eigenvalue weighted by Gasteiger charge is -1.93. The van der Waals surface area contributed by atoms with E-state index in [1.54, 1.807) is 0 Å². The van der Waals surface area contributed by atoms with Crippen molar-refractivity contribution in [1.82, 2.24) is 0 Å². The Morgan fingerprint density at radius 3 is 1.21 bits per heavy atom. The number of rotatable bonds is 0. The Labute approximate surface area is 79.9 Å². The maximum absolute atomic E-state index is 10.3. The van der Waals surface area contributed by atoms with Crippen LogP contribution in [0.2, 0.25) is 0 Å². The van der Waals surface area contributed by atoms with Gasteiger partial charge in [0.15, 0.2) is 0 Å². The van der Waals surface area contributed by atoms with Gasteiger partial charge < -0.3 is 0 Å². The van der Waals surface area contributed by atoms with Crippen molar-refractivity contribution in [2.45, 2.75) is 13.8 Å². The zero-order chi connectivity index (χ0) is 11.1. The molecule has 1 aromatic rings. The molecule has 0 aliphatic heterocycles. The van der Waals surface area contributed by atoms with Crippen molar-refractivity contribution in [3.8, 4) is 0 Å². The Balaban J connectivity index is 0.000000255. The van der Waals surface area contributed by atoms with Crippen LogP contribution in [-0.4, -0.2) is 0 Å². The molecule has 78 valence electrons. The van der Waals surface area contributed by atoms with E-state index >= 15 is 0 Å². The molecule has 0 aromatic heterocycles. The Bertz CT molecular complexity index is 279. The summed E-state index contributed by atoms with van der Waals surface area (Å²) in [6.45, 7) is 4.24. The van der Waals surface area contributed by atoms with E-state index in [-0.39, 0.29) is 0 Å². The first-order valence-corrected chi connectivity index (χ1v) is 3.83. The minimum absolute atomic E-state index is 1.37. The summed E-state index contributed by atoms with van der Waals surface area (Å²) in [6, 6.07) is 8.36. The first kappa shape index (κ1) is 12.7. The van der Waals surface area contributed by atoms with Crippen molar-refractivity contribution in [3.63, 3.8) is 0 Å². The van der Waals surface area contributed by atoms with Crippen molar-refractivity contribution in [1.29, 1.82) is 0 Å². The summed E-state index contributed by atoms with van der Waals surface area (Å²) in [5.74, 6) is 0. The van der Waals surface area contributed by atoms with Crippen LogP contribution in [0.25, 0.3) is 0 Å². The lowest BCUT2D eigenvalue weighted by Crippen LogP contribution is -1.74. The molecule has 1 aromatic carbocycles. The normalized spacial score (nSPS) is 8.71. The minimum Gasteiger partial charge on any atom is -0.167 e. The summed E-state index contributed by atoms with van der Waals surface area (Å²) in [5.41, 5.74) is 2.74. The van der Waals surface area contributed by atoms with Gasteiger partial charge in [-0.15, -0.1) is 0 Å². The predicted octanol–water partition coefficient (Wildman–Crippen LogP) is 4.29. The number of halogens is 4. The molecule has 14 heavy (non-hydrogen) atoms. The summed E-state index contributed by atoms with van der Waals surface area (Å²) in [6.07, 6.45) is -5.81. The van der Waals surface area contributed by atoms with Crippen LogP contribution in [0.3, 0.4) is 0 Å². The van der Waals surface area contributed by atoms with Crippen LogP contribution in [0.4, 0.5) is 17.6 Å². The van der Waals surface area contributed by atoms with E-state index in [0.717, 1.165) is 0 Å². The second-order valence-electron chi connectivity index (χ2n) is 2.61. The number of benzene rings is 1. The quantitative estimate of drug-likeness (QED) is 0.555. The smallest absolute Gasteiger partial charge is 0.167 e. The molecule has 0 heterocycles. The average molecular weight is 206 g/mol. The van der Waals surface area contributed by atoms with Crippen molar-refractivity contribution in [3.05, 3.63) is 47.6 Å². The Kier molecular flexibility index (Phi) is 5.60. The van der Waals surface area contributed by atoms with Gasteiger partial charge in [0.1, 0.15) is 0 Å². The molecule has 0 aliphatic carbocycles. The zero-order valence-electron chi connectivity index (χ0n) is 7.82. The van der Waals surface area contributed by atoms with Crippen molar-refractivity contribution >= 4 is 0 Å². The summed E-state index contributed by atoms with van der Waals surface area (Å²) in [5, 5.41) is 0. The molecular formula is C10H10F4. The van der Waals surface area contributed by atoms with Crippen LogP contribution >= 0.6 is 0 Å². The van der Waals surface area contributed by atoms with Gasteiger partial charge in [0.05, 0.1) is 0 Å². The fourth-order valence-corrected chi connectivity index (χ4v) is 0.663. The Morgan fingerprint density at radius 2 is 1.07 bits per heavy atom. The molecule has 0 unspecified atom stereocenters. The highest BCUT2D eigenvalue weighted by molar-refractivity contribution is 5.23. The largest absolute Gasteiger partial charge is 0.334 e. The second kappa shape index (κ2) is 6.18. The highest BCUT2D eigenvalue weighted by atomic mass is 19.3. The topological polar surface area (TPSA) is 0 Å². The van der Waals surface area contributed by atoms with E-state index in [0.29, 0.717) is 0 Å². The highest BCUT2D eigenvalue weighted by Crippen LogP contribution is 2.08. The third kappa shape index (κ3) is 5.35.